The fourth-order valence-corrected chi connectivity index (χ4v) is 2.95. The summed E-state index contributed by atoms with van der Waals surface area (Å²) in [6.07, 6.45) is 1.63. The Kier molecular flexibility index (Phi) is 5.11. The number of carbonyl (C=O) groups is 1. The van der Waals surface area contributed by atoms with Gasteiger partial charge in [-0.15, -0.1) is 0 Å². The van der Waals surface area contributed by atoms with E-state index < -0.39 is 0 Å². The molecule has 1 unspecified atom stereocenters. The molecule has 1 aromatic carbocycles. The third-order valence-corrected chi connectivity index (χ3v) is 4.31. The van der Waals surface area contributed by atoms with Crippen LogP contribution in [0.5, 0.6) is 0 Å². The van der Waals surface area contributed by atoms with Crippen molar-refractivity contribution >= 4 is 11.6 Å². The first kappa shape index (κ1) is 17.8. The number of carbonyl (C=O) groups excluding carboxylic acids is 1. The van der Waals surface area contributed by atoms with Crippen molar-refractivity contribution in [1.82, 2.24) is 15.1 Å². The Labute approximate surface area is 153 Å². The quantitative estimate of drug-likeness (QED) is 0.740. The molecule has 1 atom stereocenters. The van der Waals surface area contributed by atoms with E-state index in [9.17, 15) is 4.79 Å². The van der Waals surface area contributed by atoms with E-state index in [0.717, 1.165) is 22.8 Å². The average molecular weight is 352 g/mol. The number of aryl methyl sites for hydroxylation is 2. The van der Waals surface area contributed by atoms with Gasteiger partial charge in [0.15, 0.2) is 0 Å². The third-order valence-electron chi connectivity index (χ3n) is 4.31. The van der Waals surface area contributed by atoms with Crippen molar-refractivity contribution in [3.8, 4) is 0 Å². The minimum atomic E-state index is -0.191. The molecule has 3 rings (SSSR count). The van der Waals surface area contributed by atoms with Gasteiger partial charge in [-0.25, -0.2) is 0 Å². The molecule has 26 heavy (non-hydrogen) atoms. The number of hydrogen-bond donors (Lipinski definition) is 1. The van der Waals surface area contributed by atoms with Crippen molar-refractivity contribution in [2.45, 2.75) is 19.9 Å². The lowest BCUT2D eigenvalue weighted by Gasteiger charge is -2.18. The Morgan fingerprint density at radius 3 is 2.50 bits per heavy atom. The zero-order valence-electron chi connectivity index (χ0n) is 15.6. The second-order valence-corrected chi connectivity index (χ2v) is 6.55. The minimum Gasteiger partial charge on any atom is -0.467 e. The van der Waals surface area contributed by atoms with Crippen LogP contribution in [0.2, 0.25) is 0 Å². The van der Waals surface area contributed by atoms with Gasteiger partial charge in [0.2, 0.25) is 0 Å². The lowest BCUT2D eigenvalue weighted by atomic mass is 10.1. The second kappa shape index (κ2) is 7.47. The molecule has 0 aliphatic heterocycles. The Balaban J connectivity index is 1.75. The van der Waals surface area contributed by atoms with Crippen LogP contribution in [0.15, 0.2) is 53.1 Å². The number of hydrogen-bond acceptors (Lipinski definition) is 4. The molecule has 0 aliphatic rings. The summed E-state index contributed by atoms with van der Waals surface area (Å²) in [6.45, 7) is 4.34. The van der Waals surface area contributed by atoms with Gasteiger partial charge in [0.05, 0.1) is 12.0 Å². The van der Waals surface area contributed by atoms with Crippen molar-refractivity contribution in [1.29, 1.82) is 0 Å². The van der Waals surface area contributed by atoms with Crippen LogP contribution in [-0.2, 0) is 0 Å². The van der Waals surface area contributed by atoms with E-state index in [-0.39, 0.29) is 11.9 Å². The minimum absolute atomic E-state index is 0.117. The summed E-state index contributed by atoms with van der Waals surface area (Å²) in [5.74, 6) is 0.646. The molecule has 0 saturated heterocycles. The van der Waals surface area contributed by atoms with Crippen LogP contribution >= 0.6 is 0 Å². The summed E-state index contributed by atoms with van der Waals surface area (Å²) in [6, 6.07) is 13.1. The maximum absolute atomic E-state index is 12.5. The van der Waals surface area contributed by atoms with Gasteiger partial charge in [0.25, 0.3) is 5.91 Å². The largest absolute Gasteiger partial charge is 0.467 e. The molecule has 0 aliphatic carbocycles. The van der Waals surface area contributed by atoms with Gasteiger partial charge in [-0.3, -0.25) is 9.48 Å². The Hall–Kier alpha value is -3.02. The van der Waals surface area contributed by atoms with Crippen molar-refractivity contribution in [2.24, 2.45) is 0 Å². The highest BCUT2D eigenvalue weighted by Crippen LogP contribution is 2.20. The first-order valence-electron chi connectivity index (χ1n) is 8.57. The normalized spacial score (nSPS) is 12.0. The van der Waals surface area contributed by atoms with Crippen LogP contribution in [0.25, 0.3) is 0 Å². The molecule has 2 aromatic heterocycles. The Morgan fingerprint density at radius 2 is 1.96 bits per heavy atom. The summed E-state index contributed by atoms with van der Waals surface area (Å²) in [5, 5.41) is 7.55. The standard InChI is InChI=1S/C20H24N4O2/c1-14-12-15(2)24(22-14)18(19-6-5-11-26-19)13-21-20(25)16-7-9-17(10-8-16)23(3)4/h5-12,18H,13H2,1-4H3,(H,21,25). The lowest BCUT2D eigenvalue weighted by molar-refractivity contribution is 0.0948. The van der Waals surface area contributed by atoms with E-state index in [0.29, 0.717) is 12.1 Å². The van der Waals surface area contributed by atoms with Gasteiger partial charge in [0, 0.05) is 37.6 Å². The third kappa shape index (κ3) is 3.79. The molecular weight excluding hydrogens is 328 g/mol. The van der Waals surface area contributed by atoms with Gasteiger partial charge < -0.3 is 14.6 Å². The molecule has 136 valence electrons. The molecule has 3 aromatic rings. The SMILES string of the molecule is Cc1cc(C)n(C(CNC(=O)c2ccc(N(C)C)cc2)c2ccco2)n1. The molecule has 0 spiro atoms. The maximum atomic E-state index is 12.5. The first-order valence-corrected chi connectivity index (χ1v) is 8.57. The molecule has 6 heteroatoms. The number of furan rings is 1. The van der Waals surface area contributed by atoms with Crippen LogP contribution in [-0.4, -0.2) is 36.3 Å². The van der Waals surface area contributed by atoms with Gasteiger partial charge >= 0.3 is 0 Å². The second-order valence-electron chi connectivity index (χ2n) is 6.55. The highest BCUT2D eigenvalue weighted by molar-refractivity contribution is 5.94. The summed E-state index contributed by atoms with van der Waals surface area (Å²) < 4.78 is 7.47. The van der Waals surface area contributed by atoms with Gasteiger partial charge in [-0.1, -0.05) is 0 Å². The topological polar surface area (TPSA) is 63.3 Å². The fourth-order valence-electron chi connectivity index (χ4n) is 2.95. The van der Waals surface area contributed by atoms with Crippen molar-refractivity contribution < 1.29 is 9.21 Å². The highest BCUT2D eigenvalue weighted by Gasteiger charge is 2.21. The Bertz CT molecular complexity index is 864. The predicted octanol–water partition coefficient (Wildman–Crippen LogP) is 3.18. The lowest BCUT2D eigenvalue weighted by Crippen LogP contribution is -2.32. The number of aromatic nitrogens is 2. The molecule has 1 N–H and O–H groups in total. The summed E-state index contributed by atoms with van der Waals surface area (Å²) >= 11 is 0. The molecule has 6 nitrogen and oxygen atoms in total. The predicted molar refractivity (Wildman–Crippen MR) is 102 cm³/mol. The van der Waals surface area contributed by atoms with E-state index >= 15 is 0 Å². The molecule has 1 amide bonds. The van der Waals surface area contributed by atoms with Gasteiger partial charge in [0.1, 0.15) is 11.8 Å². The van der Waals surface area contributed by atoms with Crippen LogP contribution < -0.4 is 10.2 Å². The number of benzene rings is 1. The summed E-state index contributed by atoms with van der Waals surface area (Å²) in [7, 11) is 3.94. The molecular formula is C20H24N4O2. The van der Waals surface area contributed by atoms with Crippen molar-refractivity contribution in [3.05, 3.63) is 71.4 Å². The van der Waals surface area contributed by atoms with Crippen molar-refractivity contribution in [3.63, 3.8) is 0 Å². The number of anilines is 1. The summed E-state index contributed by atoms with van der Waals surface area (Å²) in [4.78, 5) is 14.5. The Morgan fingerprint density at radius 1 is 1.23 bits per heavy atom. The number of rotatable bonds is 6. The first-order chi connectivity index (χ1) is 12.5. The summed E-state index contributed by atoms with van der Waals surface area (Å²) in [5.41, 5.74) is 3.64. The number of amides is 1. The van der Waals surface area contributed by atoms with Crippen LogP contribution in [0.1, 0.15) is 33.5 Å². The molecule has 0 bridgehead atoms. The van der Waals surface area contributed by atoms with Crippen LogP contribution in [0.3, 0.4) is 0 Å². The van der Waals surface area contributed by atoms with E-state index in [1.165, 1.54) is 0 Å². The molecule has 0 radical (unpaired) electrons. The molecule has 0 saturated carbocycles. The van der Waals surface area contributed by atoms with E-state index in [2.05, 4.69) is 10.4 Å². The fraction of sp³-hybridized carbons (Fsp3) is 0.300. The number of nitrogens with one attached hydrogen (secondary N) is 1. The molecule has 2 heterocycles. The van der Waals surface area contributed by atoms with E-state index in [1.807, 2.05) is 80.0 Å². The highest BCUT2D eigenvalue weighted by atomic mass is 16.3. The van der Waals surface area contributed by atoms with Crippen LogP contribution in [0, 0.1) is 13.8 Å². The van der Waals surface area contributed by atoms with E-state index in [4.69, 9.17) is 4.42 Å². The monoisotopic (exact) mass is 352 g/mol. The zero-order chi connectivity index (χ0) is 18.7. The van der Waals surface area contributed by atoms with E-state index in [1.54, 1.807) is 6.26 Å². The van der Waals surface area contributed by atoms with Gasteiger partial charge in [-0.2, -0.15) is 5.10 Å². The van der Waals surface area contributed by atoms with Crippen molar-refractivity contribution in [2.75, 3.05) is 25.5 Å². The maximum Gasteiger partial charge on any atom is 0.251 e. The molecule has 0 fully saturated rings. The smallest absolute Gasteiger partial charge is 0.251 e. The zero-order valence-corrected chi connectivity index (χ0v) is 15.6. The number of nitrogens with zero attached hydrogens (tertiary/aromatic N) is 3. The van der Waals surface area contributed by atoms with Gasteiger partial charge in [-0.05, 0) is 56.3 Å². The average Bonchev–Trinajstić information content (AvgIpc) is 3.25. The van der Waals surface area contributed by atoms with Crippen LogP contribution in [0.4, 0.5) is 5.69 Å².